The van der Waals surface area contributed by atoms with Crippen LogP contribution in [0.5, 0.6) is 5.75 Å². The zero-order valence-corrected chi connectivity index (χ0v) is 15.7. The maximum absolute atomic E-state index is 11.1. The topological polar surface area (TPSA) is 123 Å². The molecule has 0 aromatic heterocycles. The summed E-state index contributed by atoms with van der Waals surface area (Å²) in [7, 11) is -8.14. The monoisotopic (exact) mass is 384 g/mol. The Hall–Kier alpha value is -0.720. The van der Waals surface area contributed by atoms with E-state index in [1.54, 1.807) is 18.2 Å². The van der Waals surface area contributed by atoms with Gasteiger partial charge in [-0.1, -0.05) is 44.9 Å². The van der Waals surface area contributed by atoms with Crippen molar-refractivity contribution in [1.29, 1.82) is 0 Å². The second-order valence-electron chi connectivity index (χ2n) is 4.74. The molecule has 0 spiro atoms. The zero-order valence-electron chi connectivity index (χ0n) is 13.9. The third kappa shape index (κ3) is 14.8. The van der Waals surface area contributed by atoms with Crippen molar-refractivity contribution in [2.45, 2.75) is 39.5 Å². The van der Waals surface area contributed by atoms with Crippen LogP contribution < -0.4 is 4.52 Å². The SMILES string of the molecule is CCCCOP(=O)(O)OCCCC.O=P(O)(O)Oc1ccccc1. The van der Waals surface area contributed by atoms with E-state index >= 15 is 0 Å². The van der Waals surface area contributed by atoms with Gasteiger partial charge < -0.3 is 9.42 Å². The van der Waals surface area contributed by atoms with E-state index in [1.165, 1.54) is 12.1 Å². The van der Waals surface area contributed by atoms with Gasteiger partial charge in [-0.2, -0.15) is 0 Å². The summed E-state index contributed by atoms with van der Waals surface area (Å²) in [5, 5.41) is 0. The van der Waals surface area contributed by atoms with E-state index in [1.807, 2.05) is 13.8 Å². The van der Waals surface area contributed by atoms with E-state index in [4.69, 9.17) is 23.7 Å². The van der Waals surface area contributed by atoms with Crippen molar-refractivity contribution in [1.82, 2.24) is 0 Å². The van der Waals surface area contributed by atoms with Crippen LogP contribution in [0.4, 0.5) is 0 Å². The van der Waals surface area contributed by atoms with Gasteiger partial charge in [0.1, 0.15) is 5.75 Å². The van der Waals surface area contributed by atoms with E-state index in [0.717, 1.165) is 25.7 Å². The summed E-state index contributed by atoms with van der Waals surface area (Å²) in [6, 6.07) is 7.93. The number of hydrogen-bond acceptors (Lipinski definition) is 5. The van der Waals surface area contributed by atoms with Crippen molar-refractivity contribution in [3.63, 3.8) is 0 Å². The van der Waals surface area contributed by atoms with Crippen LogP contribution in [-0.4, -0.2) is 27.9 Å². The Morgan fingerprint density at radius 3 is 1.71 bits per heavy atom. The van der Waals surface area contributed by atoms with E-state index in [-0.39, 0.29) is 19.0 Å². The Balaban J connectivity index is 0.000000446. The third-order valence-corrected chi connectivity index (χ3v) is 3.94. The number of unbranched alkanes of at least 4 members (excludes halogenated alkanes) is 2. The summed E-state index contributed by atoms with van der Waals surface area (Å²) in [6.45, 7) is 4.56. The lowest BCUT2D eigenvalue weighted by Gasteiger charge is -2.10. The van der Waals surface area contributed by atoms with E-state index in [0.29, 0.717) is 0 Å². The number of hydrogen-bond donors (Lipinski definition) is 3. The number of rotatable bonds is 10. The zero-order chi connectivity index (χ0) is 18.5. The van der Waals surface area contributed by atoms with Crippen LogP contribution in [0.2, 0.25) is 0 Å². The van der Waals surface area contributed by atoms with E-state index < -0.39 is 15.6 Å². The predicted molar refractivity (Wildman–Crippen MR) is 90.7 cm³/mol. The molecule has 0 radical (unpaired) electrons. The lowest BCUT2D eigenvalue weighted by molar-refractivity contribution is 0.146. The van der Waals surface area contributed by atoms with Gasteiger partial charge >= 0.3 is 15.6 Å². The Labute approximate surface area is 142 Å². The van der Waals surface area contributed by atoms with Gasteiger partial charge in [0, 0.05) is 0 Å². The molecule has 1 aromatic rings. The molecule has 0 heterocycles. The van der Waals surface area contributed by atoms with Gasteiger partial charge in [0.15, 0.2) is 0 Å². The van der Waals surface area contributed by atoms with Gasteiger partial charge in [-0.3, -0.25) is 18.8 Å². The highest BCUT2D eigenvalue weighted by atomic mass is 31.2. The van der Waals surface area contributed by atoms with E-state index in [9.17, 15) is 9.13 Å². The highest BCUT2D eigenvalue weighted by Gasteiger charge is 2.19. The van der Waals surface area contributed by atoms with Gasteiger partial charge in [-0.25, -0.2) is 9.13 Å². The average Bonchev–Trinajstić information content (AvgIpc) is 2.47. The van der Waals surface area contributed by atoms with Gasteiger partial charge in [-0.15, -0.1) is 0 Å². The molecule has 0 atom stereocenters. The van der Waals surface area contributed by atoms with Gasteiger partial charge in [0.25, 0.3) is 0 Å². The Bertz CT molecular complexity index is 503. The fourth-order valence-electron chi connectivity index (χ4n) is 1.30. The second-order valence-corrected chi connectivity index (χ2v) is 7.35. The number of phosphoric ester groups is 2. The molecule has 0 unspecified atom stereocenters. The smallest absolute Gasteiger partial charge is 0.404 e. The lowest BCUT2D eigenvalue weighted by atomic mass is 10.3. The summed E-state index contributed by atoms with van der Waals surface area (Å²) in [5.74, 6) is 0.167. The minimum absolute atomic E-state index is 0.167. The molecule has 10 heteroatoms. The maximum atomic E-state index is 11.1. The first-order valence-electron chi connectivity index (χ1n) is 7.62. The summed E-state index contributed by atoms with van der Waals surface area (Å²) < 4.78 is 35.0. The van der Waals surface area contributed by atoms with Crippen LogP contribution in [0, 0.1) is 0 Å². The quantitative estimate of drug-likeness (QED) is 0.410. The molecule has 0 saturated carbocycles. The number of phosphoric acid groups is 2. The first kappa shape index (κ1) is 23.3. The van der Waals surface area contributed by atoms with Crippen LogP contribution in [0.3, 0.4) is 0 Å². The molecule has 24 heavy (non-hydrogen) atoms. The largest absolute Gasteiger partial charge is 0.524 e. The molecule has 0 amide bonds. The predicted octanol–water partition coefficient (Wildman–Crippen LogP) is 3.88. The fourth-order valence-corrected chi connectivity index (χ4v) is 2.49. The van der Waals surface area contributed by atoms with Gasteiger partial charge in [-0.05, 0) is 25.0 Å². The molecule has 1 aromatic carbocycles. The molecule has 140 valence electrons. The second kappa shape index (κ2) is 12.6. The van der Waals surface area contributed by atoms with E-state index in [2.05, 4.69) is 4.52 Å². The molecule has 0 aliphatic heterocycles. The van der Waals surface area contributed by atoms with Crippen LogP contribution >= 0.6 is 15.6 Å². The molecule has 0 fully saturated rings. The highest BCUT2D eigenvalue weighted by molar-refractivity contribution is 7.47. The molecule has 0 aliphatic carbocycles. The summed E-state index contributed by atoms with van der Waals surface area (Å²) in [5.41, 5.74) is 0. The Morgan fingerprint density at radius 2 is 1.33 bits per heavy atom. The first-order valence-corrected chi connectivity index (χ1v) is 10.6. The molecule has 1 rings (SSSR count). The van der Waals surface area contributed by atoms with Crippen molar-refractivity contribution in [2.75, 3.05) is 13.2 Å². The van der Waals surface area contributed by atoms with Crippen molar-refractivity contribution in [2.24, 2.45) is 0 Å². The maximum Gasteiger partial charge on any atom is 0.524 e. The minimum Gasteiger partial charge on any atom is -0.404 e. The van der Waals surface area contributed by atoms with Crippen LogP contribution in [-0.2, 0) is 18.2 Å². The Kier molecular flexibility index (Phi) is 12.2. The van der Waals surface area contributed by atoms with Gasteiger partial charge in [0.05, 0.1) is 13.2 Å². The molecular weight excluding hydrogens is 358 g/mol. The average molecular weight is 384 g/mol. The van der Waals surface area contributed by atoms with Crippen LogP contribution in [0.25, 0.3) is 0 Å². The van der Waals surface area contributed by atoms with Crippen LogP contribution in [0.15, 0.2) is 30.3 Å². The molecular formula is C14H26O8P2. The molecule has 0 aliphatic rings. The highest BCUT2D eigenvalue weighted by Crippen LogP contribution is 2.43. The van der Waals surface area contributed by atoms with Crippen molar-refractivity contribution >= 4 is 15.6 Å². The number of benzene rings is 1. The normalized spacial score (nSPS) is 11.5. The molecule has 0 bridgehead atoms. The summed E-state index contributed by atoms with van der Waals surface area (Å²) >= 11 is 0. The van der Waals surface area contributed by atoms with Crippen molar-refractivity contribution in [3.05, 3.63) is 30.3 Å². The molecule has 0 saturated heterocycles. The third-order valence-electron chi connectivity index (χ3n) is 2.47. The van der Waals surface area contributed by atoms with Crippen molar-refractivity contribution in [3.8, 4) is 5.75 Å². The van der Waals surface area contributed by atoms with Crippen LogP contribution in [0.1, 0.15) is 39.5 Å². The Morgan fingerprint density at radius 1 is 0.875 bits per heavy atom. The molecule has 3 N–H and O–H groups in total. The minimum atomic E-state index is -4.39. The van der Waals surface area contributed by atoms with Crippen molar-refractivity contribution < 1.29 is 37.4 Å². The first-order chi connectivity index (χ1) is 11.2. The summed E-state index contributed by atoms with van der Waals surface area (Å²) in [4.78, 5) is 25.8. The van der Waals surface area contributed by atoms with Gasteiger partial charge in [0.2, 0.25) is 0 Å². The number of para-hydroxylation sites is 1. The standard InChI is InChI=1S/C8H19O4P.C6H7O4P/c1-3-5-7-11-13(9,10)12-8-6-4-2;7-11(8,9)10-6-4-2-1-3-5-6/h3-8H2,1-2H3,(H,9,10);1-5H,(H2,7,8,9). The fraction of sp³-hybridized carbons (Fsp3) is 0.571. The lowest BCUT2D eigenvalue weighted by Crippen LogP contribution is -1.98. The molecule has 8 nitrogen and oxygen atoms in total. The summed E-state index contributed by atoms with van der Waals surface area (Å²) in [6.07, 6.45) is 3.44.